The molecule has 2 aliphatic rings. The Morgan fingerprint density at radius 3 is 2.74 bits per heavy atom. The highest BCUT2D eigenvalue weighted by Gasteiger charge is 2.35. The number of nitrogens with zero attached hydrogens (tertiary/aromatic N) is 3. The van der Waals surface area contributed by atoms with Gasteiger partial charge in [-0.05, 0) is 25.2 Å². The number of nitrogen functional groups attached to an aromatic ring is 2. The SMILES string of the molecule is COc1c(N2CCC(Cc3nc(N)cs3)C2)c(F)c(N)c2c(=O)[nH]c(=O)n(C3CC3)c12. The van der Waals surface area contributed by atoms with Crippen molar-refractivity contribution in [2.75, 3.05) is 36.6 Å². The minimum Gasteiger partial charge on any atom is -0.492 e. The molecule has 0 amide bonds. The highest BCUT2D eigenvalue weighted by Crippen LogP contribution is 2.46. The van der Waals surface area contributed by atoms with Crippen LogP contribution >= 0.6 is 11.3 Å². The number of hydrogen-bond donors (Lipinski definition) is 3. The number of nitrogens with one attached hydrogen (secondary N) is 1. The van der Waals surface area contributed by atoms with Gasteiger partial charge in [0.1, 0.15) is 17.0 Å². The summed E-state index contributed by atoms with van der Waals surface area (Å²) < 4.78 is 22.6. The van der Waals surface area contributed by atoms with Gasteiger partial charge in [0.2, 0.25) is 0 Å². The summed E-state index contributed by atoms with van der Waals surface area (Å²) in [6.45, 7) is 1.18. The number of methoxy groups -OCH3 is 1. The van der Waals surface area contributed by atoms with Gasteiger partial charge in [-0.15, -0.1) is 11.3 Å². The fourth-order valence-electron chi connectivity index (χ4n) is 4.50. The average Bonchev–Trinajstić information content (AvgIpc) is 3.32. The van der Waals surface area contributed by atoms with Crippen LogP contribution in [0.5, 0.6) is 5.75 Å². The summed E-state index contributed by atoms with van der Waals surface area (Å²) in [5.41, 5.74) is 10.8. The number of anilines is 3. The Kier molecular flexibility index (Phi) is 4.65. The fraction of sp³-hybridized carbons (Fsp3) is 0.450. The van der Waals surface area contributed by atoms with Gasteiger partial charge < -0.3 is 21.1 Å². The first kappa shape index (κ1) is 19.9. The van der Waals surface area contributed by atoms with Crippen molar-refractivity contribution in [1.82, 2.24) is 14.5 Å². The first-order chi connectivity index (χ1) is 14.9. The number of halogens is 1. The van der Waals surface area contributed by atoms with Gasteiger partial charge in [0.05, 0.1) is 23.2 Å². The molecular weight excluding hydrogens is 423 g/mol. The van der Waals surface area contributed by atoms with Gasteiger partial charge in [-0.25, -0.2) is 14.2 Å². The van der Waals surface area contributed by atoms with E-state index in [1.807, 2.05) is 10.3 Å². The molecule has 3 aromatic rings. The summed E-state index contributed by atoms with van der Waals surface area (Å²) in [6.07, 6.45) is 3.20. The minimum atomic E-state index is -0.709. The zero-order chi connectivity index (χ0) is 21.9. The second-order valence-electron chi connectivity index (χ2n) is 8.16. The number of ether oxygens (including phenoxy) is 1. The van der Waals surface area contributed by atoms with Crippen LogP contribution in [0.2, 0.25) is 0 Å². The number of H-pyrrole nitrogens is 1. The van der Waals surface area contributed by atoms with Crippen LogP contribution in [0, 0.1) is 11.7 Å². The molecule has 1 aromatic carbocycles. The predicted molar refractivity (Wildman–Crippen MR) is 119 cm³/mol. The van der Waals surface area contributed by atoms with Crippen molar-refractivity contribution in [3.63, 3.8) is 0 Å². The summed E-state index contributed by atoms with van der Waals surface area (Å²) in [6, 6.07) is -0.0554. The molecule has 0 bridgehead atoms. The number of aromatic nitrogens is 3. The number of thiazole rings is 1. The monoisotopic (exact) mass is 446 g/mol. The third-order valence-corrected chi connectivity index (χ3v) is 6.93. The van der Waals surface area contributed by atoms with E-state index in [9.17, 15) is 9.59 Å². The van der Waals surface area contributed by atoms with Crippen molar-refractivity contribution in [3.8, 4) is 5.75 Å². The van der Waals surface area contributed by atoms with Crippen LogP contribution in [-0.2, 0) is 6.42 Å². The Morgan fingerprint density at radius 1 is 1.32 bits per heavy atom. The van der Waals surface area contributed by atoms with E-state index in [0.29, 0.717) is 18.9 Å². The highest BCUT2D eigenvalue weighted by molar-refractivity contribution is 7.10. The van der Waals surface area contributed by atoms with E-state index >= 15 is 4.39 Å². The summed E-state index contributed by atoms with van der Waals surface area (Å²) in [5, 5.41) is 2.71. The molecule has 3 heterocycles. The molecule has 11 heteroatoms. The molecule has 0 spiro atoms. The van der Waals surface area contributed by atoms with Crippen LogP contribution in [0.3, 0.4) is 0 Å². The van der Waals surface area contributed by atoms with E-state index in [4.69, 9.17) is 16.2 Å². The maximum Gasteiger partial charge on any atom is 0.329 e. The third kappa shape index (κ3) is 3.23. The molecule has 9 nitrogen and oxygen atoms in total. The maximum atomic E-state index is 15.5. The number of aromatic amines is 1. The Labute approximate surface area is 180 Å². The predicted octanol–water partition coefficient (Wildman–Crippen LogP) is 1.86. The van der Waals surface area contributed by atoms with Gasteiger partial charge in [0.25, 0.3) is 5.56 Å². The van der Waals surface area contributed by atoms with Gasteiger partial charge in [-0.1, -0.05) is 0 Å². The van der Waals surface area contributed by atoms with Gasteiger partial charge in [0, 0.05) is 30.9 Å². The molecule has 31 heavy (non-hydrogen) atoms. The molecular formula is C20H23FN6O3S. The Balaban J connectivity index is 1.62. The third-order valence-electron chi connectivity index (χ3n) is 6.04. The van der Waals surface area contributed by atoms with Crippen molar-refractivity contribution >= 4 is 39.4 Å². The van der Waals surface area contributed by atoms with Crippen molar-refractivity contribution < 1.29 is 9.13 Å². The molecule has 2 fully saturated rings. The largest absolute Gasteiger partial charge is 0.492 e. The Bertz CT molecular complexity index is 1290. The first-order valence-electron chi connectivity index (χ1n) is 10.2. The van der Waals surface area contributed by atoms with E-state index in [1.54, 1.807) is 0 Å². The molecule has 164 valence electrons. The van der Waals surface area contributed by atoms with Crippen LogP contribution in [-0.4, -0.2) is 34.7 Å². The first-order valence-corrected chi connectivity index (χ1v) is 11.0. The second kappa shape index (κ2) is 7.26. The molecule has 5 N–H and O–H groups in total. The van der Waals surface area contributed by atoms with Crippen molar-refractivity contribution in [1.29, 1.82) is 0 Å². The Morgan fingerprint density at radius 2 is 2.10 bits per heavy atom. The van der Waals surface area contributed by atoms with Gasteiger partial charge >= 0.3 is 5.69 Å². The molecule has 0 radical (unpaired) electrons. The van der Waals surface area contributed by atoms with Gasteiger partial charge in [-0.3, -0.25) is 14.3 Å². The summed E-state index contributed by atoms with van der Waals surface area (Å²) in [4.78, 5) is 33.6. The lowest BCUT2D eigenvalue weighted by molar-refractivity contribution is 0.413. The van der Waals surface area contributed by atoms with E-state index in [-0.39, 0.29) is 40.0 Å². The zero-order valence-electron chi connectivity index (χ0n) is 17.0. The van der Waals surface area contributed by atoms with E-state index in [1.165, 1.54) is 23.0 Å². The lowest BCUT2D eigenvalue weighted by atomic mass is 10.1. The molecule has 1 aliphatic heterocycles. The van der Waals surface area contributed by atoms with E-state index < -0.39 is 17.1 Å². The summed E-state index contributed by atoms with van der Waals surface area (Å²) >= 11 is 1.51. The molecule has 1 aliphatic carbocycles. The lowest BCUT2D eigenvalue weighted by Crippen LogP contribution is -2.32. The smallest absolute Gasteiger partial charge is 0.329 e. The molecule has 1 saturated heterocycles. The number of benzene rings is 1. The van der Waals surface area contributed by atoms with Crippen LogP contribution in [0.1, 0.15) is 30.3 Å². The highest BCUT2D eigenvalue weighted by atomic mass is 32.1. The lowest BCUT2D eigenvalue weighted by Gasteiger charge is -2.25. The molecule has 1 saturated carbocycles. The maximum absolute atomic E-state index is 15.5. The summed E-state index contributed by atoms with van der Waals surface area (Å²) in [7, 11) is 1.42. The second-order valence-corrected chi connectivity index (χ2v) is 9.11. The average molecular weight is 447 g/mol. The van der Waals surface area contributed by atoms with Crippen molar-refractivity contribution in [2.45, 2.75) is 31.7 Å². The van der Waals surface area contributed by atoms with Crippen molar-refractivity contribution in [2.24, 2.45) is 5.92 Å². The minimum absolute atomic E-state index is 0.0430. The Hall–Kier alpha value is -3.08. The summed E-state index contributed by atoms with van der Waals surface area (Å²) in [5.74, 6) is 0.246. The van der Waals surface area contributed by atoms with Crippen LogP contribution in [0.15, 0.2) is 15.0 Å². The molecule has 1 unspecified atom stereocenters. The number of nitrogens with two attached hydrogens (primary N) is 2. The quantitative estimate of drug-likeness (QED) is 0.510. The van der Waals surface area contributed by atoms with Gasteiger partial charge in [0.15, 0.2) is 11.6 Å². The number of fused-ring (bicyclic) bond motifs is 1. The number of hydrogen-bond acceptors (Lipinski definition) is 8. The normalized spacial score (nSPS) is 18.8. The fourth-order valence-corrected chi connectivity index (χ4v) is 5.30. The van der Waals surface area contributed by atoms with Crippen LogP contribution < -0.4 is 32.4 Å². The zero-order valence-corrected chi connectivity index (χ0v) is 17.8. The van der Waals surface area contributed by atoms with E-state index in [2.05, 4.69) is 9.97 Å². The number of rotatable bonds is 5. The molecule has 5 rings (SSSR count). The van der Waals surface area contributed by atoms with Crippen LogP contribution in [0.25, 0.3) is 10.9 Å². The standard InChI is InChI=1S/C20H23FN6O3S/c1-30-18-16-13(19(28)25-20(29)27(16)10-2-3-10)15(23)14(21)17(18)26-5-4-9(7-26)6-12-24-11(22)8-31-12/h8-10H,2-7,22-23H2,1H3,(H,25,28,29). The molecule has 2 aromatic heterocycles. The molecule has 1 atom stereocenters. The van der Waals surface area contributed by atoms with Gasteiger partial charge in [-0.2, -0.15) is 0 Å². The van der Waals surface area contributed by atoms with Crippen molar-refractivity contribution in [3.05, 3.63) is 37.0 Å². The van der Waals surface area contributed by atoms with E-state index in [0.717, 1.165) is 30.7 Å². The van der Waals surface area contributed by atoms with Crippen LogP contribution in [0.4, 0.5) is 21.6 Å². The topological polar surface area (TPSA) is 132 Å².